The number of nitrogens with one attached hydrogen (secondary N) is 2. The number of fused-ring (bicyclic) bond motifs is 1. The summed E-state index contributed by atoms with van der Waals surface area (Å²) in [6, 6.07) is 4.61. The number of nitrogens with zero attached hydrogens (tertiary/aromatic N) is 1. The van der Waals surface area contributed by atoms with Crippen LogP contribution in [0.3, 0.4) is 0 Å². The Hall–Kier alpha value is -1.62. The number of H-pyrrole nitrogens is 1. The van der Waals surface area contributed by atoms with Crippen molar-refractivity contribution in [3.05, 3.63) is 24.0 Å². The van der Waals surface area contributed by atoms with Crippen LogP contribution < -0.4 is 5.32 Å². The molecule has 0 aliphatic carbocycles. The van der Waals surface area contributed by atoms with Gasteiger partial charge in [-0.3, -0.25) is 0 Å². The molecule has 2 N–H and O–H groups in total. The number of ether oxygens (including phenoxy) is 1. The molecule has 4 nitrogen and oxygen atoms in total. The SMILES string of the molecule is COCC(C)Nc1nc2ccc(F)cc2[nH]1. The Morgan fingerprint density at radius 1 is 1.56 bits per heavy atom. The normalized spacial score (nSPS) is 12.9. The number of hydrogen-bond donors (Lipinski definition) is 2. The van der Waals surface area contributed by atoms with Crippen LogP contribution in [0.25, 0.3) is 11.0 Å². The summed E-state index contributed by atoms with van der Waals surface area (Å²) in [7, 11) is 1.65. The van der Waals surface area contributed by atoms with Crippen molar-refractivity contribution in [2.24, 2.45) is 0 Å². The van der Waals surface area contributed by atoms with Gasteiger partial charge in [0.25, 0.3) is 0 Å². The van der Waals surface area contributed by atoms with Crippen LogP contribution in [-0.2, 0) is 4.74 Å². The maximum atomic E-state index is 12.9. The first-order valence-corrected chi connectivity index (χ1v) is 5.10. The first-order valence-electron chi connectivity index (χ1n) is 5.10. The number of imidazole rings is 1. The monoisotopic (exact) mass is 223 g/mol. The van der Waals surface area contributed by atoms with E-state index >= 15 is 0 Å². The smallest absolute Gasteiger partial charge is 0.201 e. The van der Waals surface area contributed by atoms with Crippen molar-refractivity contribution in [1.29, 1.82) is 0 Å². The molecule has 0 fully saturated rings. The quantitative estimate of drug-likeness (QED) is 0.835. The number of methoxy groups -OCH3 is 1. The lowest BCUT2D eigenvalue weighted by atomic mass is 10.3. The fourth-order valence-electron chi connectivity index (χ4n) is 1.58. The Labute approximate surface area is 92.8 Å². The fourth-order valence-corrected chi connectivity index (χ4v) is 1.58. The van der Waals surface area contributed by atoms with Crippen LogP contribution in [0.15, 0.2) is 18.2 Å². The van der Waals surface area contributed by atoms with Gasteiger partial charge in [0, 0.05) is 13.2 Å². The minimum Gasteiger partial charge on any atom is -0.383 e. The number of rotatable bonds is 4. The summed E-state index contributed by atoms with van der Waals surface area (Å²) in [4.78, 5) is 7.30. The third kappa shape index (κ3) is 2.30. The number of hydrogen-bond acceptors (Lipinski definition) is 3. The van der Waals surface area contributed by atoms with E-state index in [1.807, 2.05) is 6.92 Å². The Morgan fingerprint density at radius 2 is 2.38 bits per heavy atom. The van der Waals surface area contributed by atoms with E-state index in [1.54, 1.807) is 13.2 Å². The minimum atomic E-state index is -0.271. The molecule has 0 aliphatic heterocycles. The molecule has 5 heteroatoms. The van der Waals surface area contributed by atoms with E-state index in [-0.39, 0.29) is 11.9 Å². The van der Waals surface area contributed by atoms with Crippen LogP contribution in [0.1, 0.15) is 6.92 Å². The number of aromatic amines is 1. The highest BCUT2D eigenvalue weighted by Gasteiger charge is 2.06. The predicted molar refractivity (Wildman–Crippen MR) is 61.0 cm³/mol. The topological polar surface area (TPSA) is 49.9 Å². The summed E-state index contributed by atoms with van der Waals surface area (Å²) >= 11 is 0. The molecule has 1 atom stereocenters. The van der Waals surface area contributed by atoms with Gasteiger partial charge < -0.3 is 15.0 Å². The van der Waals surface area contributed by atoms with Gasteiger partial charge in [-0.15, -0.1) is 0 Å². The van der Waals surface area contributed by atoms with Crippen molar-refractivity contribution in [2.75, 3.05) is 19.0 Å². The van der Waals surface area contributed by atoms with Crippen LogP contribution in [0.2, 0.25) is 0 Å². The van der Waals surface area contributed by atoms with Crippen LogP contribution in [0.5, 0.6) is 0 Å². The lowest BCUT2D eigenvalue weighted by Crippen LogP contribution is -2.21. The largest absolute Gasteiger partial charge is 0.383 e. The second-order valence-corrected chi connectivity index (χ2v) is 3.75. The van der Waals surface area contributed by atoms with Crippen LogP contribution >= 0.6 is 0 Å². The number of aromatic nitrogens is 2. The molecule has 2 rings (SSSR count). The van der Waals surface area contributed by atoms with E-state index < -0.39 is 0 Å². The Bertz CT molecular complexity index is 483. The molecule has 86 valence electrons. The average Bonchev–Trinajstić information content (AvgIpc) is 2.59. The van der Waals surface area contributed by atoms with Gasteiger partial charge in [0.2, 0.25) is 5.95 Å². The molecule has 1 unspecified atom stereocenters. The van der Waals surface area contributed by atoms with Gasteiger partial charge in [-0.1, -0.05) is 0 Å². The maximum absolute atomic E-state index is 12.9. The van der Waals surface area contributed by atoms with E-state index in [2.05, 4.69) is 15.3 Å². The van der Waals surface area contributed by atoms with Gasteiger partial charge in [-0.25, -0.2) is 9.37 Å². The summed E-state index contributed by atoms with van der Waals surface area (Å²) in [5, 5.41) is 3.14. The van der Waals surface area contributed by atoms with E-state index in [0.29, 0.717) is 18.1 Å². The average molecular weight is 223 g/mol. The van der Waals surface area contributed by atoms with Crippen molar-refractivity contribution in [2.45, 2.75) is 13.0 Å². The summed E-state index contributed by atoms with van der Waals surface area (Å²) in [6.45, 7) is 2.57. The first kappa shape index (κ1) is 10.9. The molecule has 0 aliphatic rings. The second-order valence-electron chi connectivity index (χ2n) is 3.75. The van der Waals surface area contributed by atoms with Crippen molar-refractivity contribution in [3.8, 4) is 0 Å². The zero-order valence-corrected chi connectivity index (χ0v) is 9.25. The molecule has 2 aromatic rings. The van der Waals surface area contributed by atoms with E-state index in [0.717, 1.165) is 5.52 Å². The summed E-state index contributed by atoms with van der Waals surface area (Å²) < 4.78 is 17.9. The van der Waals surface area contributed by atoms with Gasteiger partial charge in [0.05, 0.1) is 17.6 Å². The summed E-state index contributed by atoms with van der Waals surface area (Å²) in [5.41, 5.74) is 1.43. The van der Waals surface area contributed by atoms with Crippen molar-refractivity contribution in [1.82, 2.24) is 9.97 Å². The lowest BCUT2D eigenvalue weighted by molar-refractivity contribution is 0.190. The Morgan fingerprint density at radius 3 is 3.12 bits per heavy atom. The highest BCUT2D eigenvalue weighted by atomic mass is 19.1. The van der Waals surface area contributed by atoms with Crippen molar-refractivity contribution >= 4 is 17.0 Å². The third-order valence-corrected chi connectivity index (χ3v) is 2.24. The summed E-state index contributed by atoms with van der Waals surface area (Å²) in [5.74, 6) is 0.359. The zero-order chi connectivity index (χ0) is 11.5. The number of benzene rings is 1. The second kappa shape index (κ2) is 4.49. The van der Waals surface area contributed by atoms with Crippen LogP contribution in [0, 0.1) is 5.82 Å². The standard InChI is InChI=1S/C11H14FN3O/c1-7(6-16-2)13-11-14-9-4-3-8(12)5-10(9)15-11/h3-5,7H,6H2,1-2H3,(H2,13,14,15). The van der Waals surface area contributed by atoms with Gasteiger partial charge in [-0.05, 0) is 25.1 Å². The number of halogens is 1. The van der Waals surface area contributed by atoms with Crippen molar-refractivity contribution < 1.29 is 9.13 Å². The summed E-state index contributed by atoms with van der Waals surface area (Å²) in [6.07, 6.45) is 0. The van der Waals surface area contributed by atoms with Gasteiger partial charge in [-0.2, -0.15) is 0 Å². The minimum absolute atomic E-state index is 0.149. The molecule has 1 heterocycles. The Kier molecular flexibility index (Phi) is 3.05. The fraction of sp³-hybridized carbons (Fsp3) is 0.364. The molecular weight excluding hydrogens is 209 g/mol. The molecule has 0 spiro atoms. The molecule has 0 amide bonds. The molecular formula is C11H14FN3O. The zero-order valence-electron chi connectivity index (χ0n) is 9.25. The third-order valence-electron chi connectivity index (χ3n) is 2.24. The predicted octanol–water partition coefficient (Wildman–Crippen LogP) is 2.15. The van der Waals surface area contributed by atoms with Crippen LogP contribution in [0.4, 0.5) is 10.3 Å². The molecule has 0 bridgehead atoms. The van der Waals surface area contributed by atoms with Gasteiger partial charge in [0.15, 0.2) is 0 Å². The van der Waals surface area contributed by atoms with Gasteiger partial charge in [0.1, 0.15) is 5.82 Å². The van der Waals surface area contributed by atoms with Gasteiger partial charge >= 0.3 is 0 Å². The lowest BCUT2D eigenvalue weighted by Gasteiger charge is -2.10. The highest BCUT2D eigenvalue weighted by molar-refractivity contribution is 5.77. The maximum Gasteiger partial charge on any atom is 0.201 e. The highest BCUT2D eigenvalue weighted by Crippen LogP contribution is 2.15. The Balaban J connectivity index is 2.19. The van der Waals surface area contributed by atoms with E-state index in [9.17, 15) is 4.39 Å². The number of anilines is 1. The molecule has 1 aromatic carbocycles. The molecule has 0 saturated heterocycles. The van der Waals surface area contributed by atoms with E-state index in [4.69, 9.17) is 4.74 Å². The molecule has 0 radical (unpaired) electrons. The first-order chi connectivity index (χ1) is 7.69. The molecule has 1 aromatic heterocycles. The van der Waals surface area contributed by atoms with E-state index in [1.165, 1.54) is 12.1 Å². The molecule has 0 saturated carbocycles. The van der Waals surface area contributed by atoms with Crippen LogP contribution in [-0.4, -0.2) is 29.7 Å². The molecule has 16 heavy (non-hydrogen) atoms. The van der Waals surface area contributed by atoms with Crippen molar-refractivity contribution in [3.63, 3.8) is 0 Å².